The van der Waals surface area contributed by atoms with Crippen LogP contribution in [-0.2, 0) is 0 Å². The molecule has 1 aromatic rings. The third-order valence-electron chi connectivity index (χ3n) is 2.72. The van der Waals surface area contributed by atoms with E-state index >= 15 is 0 Å². The summed E-state index contributed by atoms with van der Waals surface area (Å²) in [7, 11) is 0. The van der Waals surface area contributed by atoms with E-state index in [0.29, 0.717) is 13.2 Å². The Morgan fingerprint density at radius 3 is 2.81 bits per heavy atom. The number of aromatic nitrogens is 1. The molecule has 0 amide bonds. The fourth-order valence-corrected chi connectivity index (χ4v) is 2.87. The molecule has 5 heteroatoms. The number of aryl methyl sites for hydroxylation is 1. The number of nitrogens with zero attached hydrogens (tertiary/aromatic N) is 2. The van der Waals surface area contributed by atoms with Gasteiger partial charge >= 0.3 is 0 Å². The second-order valence-electron chi connectivity index (χ2n) is 4.05. The minimum absolute atomic E-state index is 0.552. The monoisotopic (exact) mass is 241 g/mol. The van der Waals surface area contributed by atoms with Gasteiger partial charge in [-0.05, 0) is 26.2 Å². The van der Waals surface area contributed by atoms with Gasteiger partial charge in [0, 0.05) is 19.6 Å². The van der Waals surface area contributed by atoms with Crippen LogP contribution in [0.1, 0.15) is 25.0 Å². The first kappa shape index (κ1) is 11.7. The van der Waals surface area contributed by atoms with E-state index in [0.717, 1.165) is 29.0 Å². The van der Waals surface area contributed by atoms with Crippen molar-refractivity contribution in [3.63, 3.8) is 0 Å². The highest BCUT2D eigenvalue weighted by Crippen LogP contribution is 2.33. The Kier molecular flexibility index (Phi) is 4.01. The quantitative estimate of drug-likeness (QED) is 0.873. The predicted molar refractivity (Wildman–Crippen MR) is 67.5 cm³/mol. The van der Waals surface area contributed by atoms with Gasteiger partial charge in [-0.2, -0.15) is 0 Å². The topological polar surface area (TPSA) is 51.4 Å². The van der Waals surface area contributed by atoms with Gasteiger partial charge in [0.25, 0.3) is 0 Å². The molecule has 1 fully saturated rings. The molecular weight excluding hydrogens is 222 g/mol. The number of piperidine rings is 1. The van der Waals surface area contributed by atoms with Crippen LogP contribution < -0.4 is 15.4 Å². The summed E-state index contributed by atoms with van der Waals surface area (Å²) in [6.07, 6.45) is 3.90. The van der Waals surface area contributed by atoms with E-state index in [1.165, 1.54) is 19.3 Å². The molecule has 0 aliphatic carbocycles. The minimum Gasteiger partial charge on any atom is -0.481 e. The van der Waals surface area contributed by atoms with Gasteiger partial charge in [0.15, 0.2) is 10.2 Å². The molecule has 2 N–H and O–H groups in total. The lowest BCUT2D eigenvalue weighted by Gasteiger charge is -2.25. The standard InChI is InChI=1S/C11H19N3OS/c1-9-10(15-8-5-12)16-11(13-9)14-6-3-2-4-7-14/h2-8,12H2,1H3. The van der Waals surface area contributed by atoms with Gasteiger partial charge in [0.05, 0.1) is 5.69 Å². The van der Waals surface area contributed by atoms with Crippen LogP contribution in [0.5, 0.6) is 5.06 Å². The van der Waals surface area contributed by atoms with Crippen molar-refractivity contribution >= 4 is 16.5 Å². The van der Waals surface area contributed by atoms with E-state index in [1.54, 1.807) is 11.3 Å². The van der Waals surface area contributed by atoms with Crippen molar-refractivity contribution in [2.24, 2.45) is 5.73 Å². The van der Waals surface area contributed by atoms with Crippen LogP contribution in [-0.4, -0.2) is 31.2 Å². The largest absolute Gasteiger partial charge is 0.481 e. The minimum atomic E-state index is 0.552. The number of thiazole rings is 1. The molecule has 1 saturated heterocycles. The van der Waals surface area contributed by atoms with Crippen LogP contribution in [0.2, 0.25) is 0 Å². The lowest BCUT2D eigenvalue weighted by Crippen LogP contribution is -2.29. The molecule has 0 aromatic carbocycles. The lowest BCUT2D eigenvalue weighted by atomic mass is 10.1. The highest BCUT2D eigenvalue weighted by atomic mass is 32.1. The van der Waals surface area contributed by atoms with Crippen LogP contribution >= 0.6 is 11.3 Å². The number of anilines is 1. The molecule has 1 aromatic heterocycles. The van der Waals surface area contributed by atoms with Gasteiger partial charge in [0.2, 0.25) is 0 Å². The fourth-order valence-electron chi connectivity index (χ4n) is 1.87. The molecule has 0 unspecified atom stereocenters. The van der Waals surface area contributed by atoms with Crippen molar-refractivity contribution in [1.82, 2.24) is 4.98 Å². The Balaban J connectivity index is 2.03. The maximum absolute atomic E-state index is 5.56. The average molecular weight is 241 g/mol. The normalized spacial score (nSPS) is 16.5. The Morgan fingerprint density at radius 2 is 2.12 bits per heavy atom. The third-order valence-corrected chi connectivity index (χ3v) is 3.85. The Morgan fingerprint density at radius 1 is 1.38 bits per heavy atom. The maximum atomic E-state index is 5.56. The molecular formula is C11H19N3OS. The predicted octanol–water partition coefficient (Wildman–Crippen LogP) is 1.78. The third kappa shape index (κ3) is 2.65. The van der Waals surface area contributed by atoms with Gasteiger partial charge in [-0.3, -0.25) is 0 Å². The van der Waals surface area contributed by atoms with E-state index < -0.39 is 0 Å². The summed E-state index contributed by atoms with van der Waals surface area (Å²) < 4.78 is 5.56. The Bertz CT molecular complexity index is 334. The number of rotatable bonds is 4. The van der Waals surface area contributed by atoms with Gasteiger partial charge in [-0.1, -0.05) is 11.3 Å². The first-order valence-electron chi connectivity index (χ1n) is 5.86. The Hall–Kier alpha value is -0.810. The average Bonchev–Trinajstić information content (AvgIpc) is 2.69. The molecule has 0 saturated carbocycles. The van der Waals surface area contributed by atoms with Crippen LogP contribution in [0.25, 0.3) is 0 Å². The Labute approximate surface area is 100 Å². The number of hydrogen-bond donors (Lipinski definition) is 1. The van der Waals surface area contributed by atoms with Crippen LogP contribution in [0.3, 0.4) is 0 Å². The van der Waals surface area contributed by atoms with Crippen molar-refractivity contribution in [1.29, 1.82) is 0 Å². The van der Waals surface area contributed by atoms with Crippen molar-refractivity contribution in [3.05, 3.63) is 5.69 Å². The zero-order chi connectivity index (χ0) is 11.4. The molecule has 2 rings (SSSR count). The number of nitrogens with two attached hydrogens (primary N) is 1. The summed E-state index contributed by atoms with van der Waals surface area (Å²) in [5, 5.41) is 2.02. The molecule has 0 atom stereocenters. The molecule has 2 heterocycles. The molecule has 0 spiro atoms. The van der Waals surface area contributed by atoms with E-state index in [-0.39, 0.29) is 0 Å². The van der Waals surface area contributed by atoms with E-state index in [2.05, 4.69) is 9.88 Å². The van der Waals surface area contributed by atoms with Crippen LogP contribution in [0.4, 0.5) is 5.13 Å². The molecule has 0 radical (unpaired) electrons. The molecule has 16 heavy (non-hydrogen) atoms. The highest BCUT2D eigenvalue weighted by Gasteiger charge is 2.16. The molecule has 90 valence electrons. The smallest absolute Gasteiger partial charge is 0.198 e. The molecule has 1 aliphatic rings. The molecule has 0 bridgehead atoms. The van der Waals surface area contributed by atoms with Crippen molar-refractivity contribution in [2.45, 2.75) is 26.2 Å². The van der Waals surface area contributed by atoms with Gasteiger partial charge < -0.3 is 15.4 Å². The van der Waals surface area contributed by atoms with Crippen molar-refractivity contribution in [3.8, 4) is 5.06 Å². The summed E-state index contributed by atoms with van der Waals surface area (Å²) in [6, 6.07) is 0. The van der Waals surface area contributed by atoms with E-state index in [9.17, 15) is 0 Å². The molecule has 4 nitrogen and oxygen atoms in total. The second-order valence-corrected chi connectivity index (χ2v) is 4.99. The SMILES string of the molecule is Cc1nc(N2CCCCC2)sc1OCCN. The maximum Gasteiger partial charge on any atom is 0.198 e. The number of ether oxygens (including phenoxy) is 1. The summed E-state index contributed by atoms with van der Waals surface area (Å²) >= 11 is 1.64. The first-order chi connectivity index (χ1) is 7.81. The fraction of sp³-hybridized carbons (Fsp3) is 0.727. The van der Waals surface area contributed by atoms with Crippen molar-refractivity contribution < 1.29 is 4.74 Å². The second kappa shape index (κ2) is 5.50. The zero-order valence-corrected chi connectivity index (χ0v) is 10.6. The summed E-state index contributed by atoms with van der Waals surface area (Å²) in [5.74, 6) is 0. The van der Waals surface area contributed by atoms with Crippen LogP contribution in [0.15, 0.2) is 0 Å². The van der Waals surface area contributed by atoms with Crippen LogP contribution in [0, 0.1) is 6.92 Å². The van der Waals surface area contributed by atoms with Gasteiger partial charge in [-0.15, -0.1) is 0 Å². The van der Waals surface area contributed by atoms with Gasteiger partial charge in [-0.25, -0.2) is 4.98 Å². The lowest BCUT2D eigenvalue weighted by molar-refractivity contribution is 0.335. The summed E-state index contributed by atoms with van der Waals surface area (Å²) in [6.45, 7) is 5.38. The number of hydrogen-bond acceptors (Lipinski definition) is 5. The van der Waals surface area contributed by atoms with E-state index in [1.807, 2.05) is 6.92 Å². The van der Waals surface area contributed by atoms with Gasteiger partial charge in [0.1, 0.15) is 6.61 Å². The van der Waals surface area contributed by atoms with E-state index in [4.69, 9.17) is 10.5 Å². The van der Waals surface area contributed by atoms with Crippen molar-refractivity contribution in [2.75, 3.05) is 31.1 Å². The highest BCUT2D eigenvalue weighted by molar-refractivity contribution is 7.17. The molecule has 1 aliphatic heterocycles. The zero-order valence-electron chi connectivity index (χ0n) is 9.74. The summed E-state index contributed by atoms with van der Waals surface area (Å²) in [5.41, 5.74) is 6.41. The first-order valence-corrected chi connectivity index (χ1v) is 6.68. The summed E-state index contributed by atoms with van der Waals surface area (Å²) in [4.78, 5) is 6.92.